The Bertz CT molecular complexity index is 1160. The topological polar surface area (TPSA) is 93.0 Å². The molecule has 7 nitrogen and oxygen atoms in total. The van der Waals surface area contributed by atoms with Gasteiger partial charge in [0.2, 0.25) is 5.95 Å². The molecule has 2 aromatic heterocycles. The lowest BCUT2D eigenvalue weighted by Crippen LogP contribution is -2.02. The standard InChI is InChI=1S/C20H16F2N4O3/c21-18(22)28-15-6-4-14(5-7-15)25-19-23-10-13(11-24-19)2-1-12-3-8-16-17(9-12)29-20(27)26-16/h3-11,18H,1-2H2,(H,26,27)(H,23,24,25). The predicted molar refractivity (Wildman–Crippen MR) is 103 cm³/mol. The first-order valence-electron chi connectivity index (χ1n) is 8.80. The van der Waals surface area contributed by atoms with E-state index in [4.69, 9.17) is 4.42 Å². The molecule has 4 rings (SSSR count). The van der Waals surface area contributed by atoms with E-state index in [1.54, 1.807) is 24.5 Å². The van der Waals surface area contributed by atoms with Crippen molar-refractivity contribution in [2.75, 3.05) is 5.32 Å². The van der Waals surface area contributed by atoms with Gasteiger partial charge in [0.1, 0.15) is 5.75 Å². The van der Waals surface area contributed by atoms with Crippen molar-refractivity contribution in [2.45, 2.75) is 19.5 Å². The van der Waals surface area contributed by atoms with E-state index in [-0.39, 0.29) is 5.75 Å². The Morgan fingerprint density at radius 3 is 2.48 bits per heavy atom. The number of halogens is 2. The number of ether oxygens (including phenoxy) is 1. The second kappa shape index (κ2) is 8.09. The SMILES string of the molecule is O=c1[nH]c2ccc(CCc3cnc(Nc4ccc(OC(F)F)cc4)nc3)cc2o1. The monoisotopic (exact) mass is 398 g/mol. The molecule has 0 amide bonds. The van der Waals surface area contributed by atoms with E-state index in [1.165, 1.54) is 12.1 Å². The number of oxazole rings is 1. The first kappa shape index (κ1) is 18.6. The van der Waals surface area contributed by atoms with Crippen LogP contribution in [0.4, 0.5) is 20.4 Å². The van der Waals surface area contributed by atoms with Gasteiger partial charge >= 0.3 is 12.4 Å². The molecule has 0 aliphatic rings. The summed E-state index contributed by atoms with van der Waals surface area (Å²) in [5, 5.41) is 3.00. The summed E-state index contributed by atoms with van der Waals surface area (Å²) in [7, 11) is 0. The van der Waals surface area contributed by atoms with Gasteiger partial charge in [0, 0.05) is 18.1 Å². The Balaban J connectivity index is 1.35. The number of benzene rings is 2. The molecule has 148 valence electrons. The number of H-pyrrole nitrogens is 1. The second-order valence-corrected chi connectivity index (χ2v) is 6.29. The normalized spacial score (nSPS) is 11.1. The molecule has 0 atom stereocenters. The van der Waals surface area contributed by atoms with Crippen LogP contribution in [0.2, 0.25) is 0 Å². The zero-order chi connectivity index (χ0) is 20.2. The van der Waals surface area contributed by atoms with Gasteiger partial charge in [0.05, 0.1) is 5.52 Å². The number of hydrogen-bond donors (Lipinski definition) is 2. The molecule has 0 unspecified atom stereocenters. The molecule has 0 bridgehead atoms. The summed E-state index contributed by atoms with van der Waals surface area (Å²) in [6.07, 6.45) is 4.91. The van der Waals surface area contributed by atoms with Crippen molar-refractivity contribution in [2.24, 2.45) is 0 Å². The average molecular weight is 398 g/mol. The molecule has 0 aliphatic carbocycles. The Hall–Kier alpha value is -3.75. The highest BCUT2D eigenvalue weighted by molar-refractivity contribution is 5.72. The van der Waals surface area contributed by atoms with E-state index in [0.29, 0.717) is 22.7 Å². The second-order valence-electron chi connectivity index (χ2n) is 6.29. The number of aromatic amines is 1. The highest BCUT2D eigenvalue weighted by Crippen LogP contribution is 2.20. The number of rotatable bonds is 7. The van der Waals surface area contributed by atoms with E-state index >= 15 is 0 Å². The third-order valence-electron chi connectivity index (χ3n) is 4.23. The predicted octanol–water partition coefficient (Wildman–Crippen LogP) is 4.04. The Morgan fingerprint density at radius 2 is 1.76 bits per heavy atom. The highest BCUT2D eigenvalue weighted by atomic mass is 19.3. The largest absolute Gasteiger partial charge is 0.435 e. The van der Waals surface area contributed by atoms with Crippen molar-refractivity contribution in [1.82, 2.24) is 15.0 Å². The van der Waals surface area contributed by atoms with Gasteiger partial charge in [0.25, 0.3) is 0 Å². The molecule has 0 aliphatic heterocycles. The van der Waals surface area contributed by atoms with Crippen LogP contribution in [0.3, 0.4) is 0 Å². The molecular formula is C20H16F2N4O3. The van der Waals surface area contributed by atoms with Gasteiger partial charge in [-0.05, 0) is 60.4 Å². The lowest BCUT2D eigenvalue weighted by Gasteiger charge is -2.08. The molecular weight excluding hydrogens is 382 g/mol. The Morgan fingerprint density at radius 1 is 1.03 bits per heavy atom. The van der Waals surface area contributed by atoms with Crippen LogP contribution in [0.15, 0.2) is 64.1 Å². The molecule has 4 aromatic rings. The quantitative estimate of drug-likeness (QED) is 0.488. The van der Waals surface area contributed by atoms with Crippen LogP contribution in [0.5, 0.6) is 5.75 Å². The van der Waals surface area contributed by atoms with Crippen LogP contribution in [0.25, 0.3) is 11.1 Å². The van der Waals surface area contributed by atoms with Crippen molar-refractivity contribution in [3.8, 4) is 5.75 Å². The van der Waals surface area contributed by atoms with Crippen LogP contribution in [-0.2, 0) is 12.8 Å². The fourth-order valence-electron chi connectivity index (χ4n) is 2.83. The minimum absolute atomic E-state index is 0.0823. The maximum Gasteiger partial charge on any atom is 0.417 e. The maximum absolute atomic E-state index is 12.2. The molecule has 2 N–H and O–H groups in total. The zero-order valence-electron chi connectivity index (χ0n) is 15.1. The minimum atomic E-state index is -2.85. The molecule has 0 radical (unpaired) electrons. The van der Waals surface area contributed by atoms with Gasteiger partial charge in [0.15, 0.2) is 5.58 Å². The van der Waals surface area contributed by atoms with Gasteiger partial charge in [-0.1, -0.05) is 6.07 Å². The fraction of sp³-hybridized carbons (Fsp3) is 0.150. The number of anilines is 2. The molecule has 0 saturated heterocycles. The zero-order valence-corrected chi connectivity index (χ0v) is 15.1. The van der Waals surface area contributed by atoms with Crippen LogP contribution >= 0.6 is 0 Å². The molecule has 2 aromatic carbocycles. The number of hydrogen-bond acceptors (Lipinski definition) is 6. The van der Waals surface area contributed by atoms with Crippen molar-refractivity contribution < 1.29 is 17.9 Å². The number of aryl methyl sites for hydroxylation is 2. The van der Waals surface area contributed by atoms with E-state index in [0.717, 1.165) is 24.0 Å². The summed E-state index contributed by atoms with van der Waals surface area (Å²) in [5.41, 5.74) is 3.85. The van der Waals surface area contributed by atoms with Crippen molar-refractivity contribution >= 4 is 22.7 Å². The van der Waals surface area contributed by atoms with Crippen molar-refractivity contribution in [1.29, 1.82) is 0 Å². The Kier molecular flexibility index (Phi) is 5.19. The summed E-state index contributed by atoms with van der Waals surface area (Å²) < 4.78 is 33.7. The summed E-state index contributed by atoms with van der Waals surface area (Å²) in [6.45, 7) is -2.85. The first-order chi connectivity index (χ1) is 14.0. The molecule has 0 fully saturated rings. The minimum Gasteiger partial charge on any atom is -0.435 e. The lowest BCUT2D eigenvalue weighted by atomic mass is 10.1. The number of nitrogens with zero attached hydrogens (tertiary/aromatic N) is 2. The van der Waals surface area contributed by atoms with E-state index < -0.39 is 12.4 Å². The summed E-state index contributed by atoms with van der Waals surface area (Å²) >= 11 is 0. The summed E-state index contributed by atoms with van der Waals surface area (Å²) in [5.74, 6) is 0.00976. The molecule has 29 heavy (non-hydrogen) atoms. The van der Waals surface area contributed by atoms with Crippen LogP contribution in [0, 0.1) is 0 Å². The fourth-order valence-corrected chi connectivity index (χ4v) is 2.83. The van der Waals surface area contributed by atoms with Gasteiger partial charge < -0.3 is 14.5 Å². The van der Waals surface area contributed by atoms with Crippen molar-refractivity contribution in [3.63, 3.8) is 0 Å². The van der Waals surface area contributed by atoms with E-state index in [9.17, 15) is 13.6 Å². The lowest BCUT2D eigenvalue weighted by molar-refractivity contribution is -0.0498. The molecule has 0 spiro atoms. The van der Waals surface area contributed by atoms with Crippen LogP contribution < -0.4 is 15.8 Å². The van der Waals surface area contributed by atoms with Gasteiger partial charge in [-0.15, -0.1) is 0 Å². The maximum atomic E-state index is 12.2. The molecule has 2 heterocycles. The number of nitrogens with one attached hydrogen (secondary N) is 2. The smallest absolute Gasteiger partial charge is 0.417 e. The molecule has 9 heteroatoms. The summed E-state index contributed by atoms with van der Waals surface area (Å²) in [4.78, 5) is 22.4. The van der Waals surface area contributed by atoms with E-state index in [1.807, 2.05) is 18.2 Å². The van der Waals surface area contributed by atoms with Gasteiger partial charge in [-0.25, -0.2) is 14.8 Å². The highest BCUT2D eigenvalue weighted by Gasteiger charge is 2.06. The van der Waals surface area contributed by atoms with Crippen LogP contribution in [0.1, 0.15) is 11.1 Å². The van der Waals surface area contributed by atoms with E-state index in [2.05, 4.69) is 25.0 Å². The van der Waals surface area contributed by atoms with Gasteiger partial charge in [-0.3, -0.25) is 4.98 Å². The molecule has 0 saturated carbocycles. The number of aromatic nitrogens is 3. The third kappa shape index (κ3) is 4.75. The third-order valence-corrected chi connectivity index (χ3v) is 4.23. The average Bonchev–Trinajstić information content (AvgIpc) is 3.08. The van der Waals surface area contributed by atoms with Crippen LogP contribution in [-0.4, -0.2) is 21.6 Å². The Labute approximate surface area is 163 Å². The number of fused-ring (bicyclic) bond motifs is 1. The van der Waals surface area contributed by atoms with Crippen molar-refractivity contribution in [3.05, 3.63) is 76.5 Å². The summed E-state index contributed by atoms with van der Waals surface area (Å²) in [6, 6.07) is 11.7. The first-order valence-corrected chi connectivity index (χ1v) is 8.80. The van der Waals surface area contributed by atoms with Gasteiger partial charge in [-0.2, -0.15) is 8.78 Å². The number of alkyl halides is 2.